The fourth-order valence-corrected chi connectivity index (χ4v) is 4.30. The van der Waals surface area contributed by atoms with E-state index in [0.717, 1.165) is 0 Å². The van der Waals surface area contributed by atoms with Crippen molar-refractivity contribution >= 4 is 37.2 Å². The number of hydrogen-bond donors (Lipinski definition) is 2. The Labute approximate surface area is 157 Å². The van der Waals surface area contributed by atoms with Crippen LogP contribution >= 0.6 is 37.2 Å². The van der Waals surface area contributed by atoms with Gasteiger partial charge in [-0.05, 0) is 0 Å². The van der Waals surface area contributed by atoms with Crippen molar-refractivity contribution in [1.29, 1.82) is 0 Å². The van der Waals surface area contributed by atoms with Crippen molar-refractivity contribution < 1.29 is 18.1 Å². The van der Waals surface area contributed by atoms with E-state index in [9.17, 15) is 0 Å². The first kappa shape index (κ1) is 27.3. The molecule has 3 nitrogen and oxygen atoms in total. The van der Waals surface area contributed by atoms with Gasteiger partial charge in [-0.15, -0.1) is 37.2 Å². The van der Waals surface area contributed by atoms with Crippen molar-refractivity contribution in [2.45, 2.75) is 49.0 Å². The normalized spacial score (nSPS) is 19.7. The molecule has 7 heteroatoms. The Kier molecular flexibility index (Phi) is 25.4. The van der Waals surface area contributed by atoms with Gasteiger partial charge in [0, 0.05) is 0 Å². The summed E-state index contributed by atoms with van der Waals surface area (Å²) in [6, 6.07) is 0. The summed E-state index contributed by atoms with van der Waals surface area (Å²) in [6.45, 7) is 7.51. The average molecular weight is 400 g/mol. The zero-order valence-corrected chi connectivity index (χ0v) is 17.7. The van der Waals surface area contributed by atoms with Gasteiger partial charge in [0.1, 0.15) is 0 Å². The topological polar surface area (TPSA) is 27.3 Å². The van der Waals surface area contributed by atoms with Crippen molar-refractivity contribution in [3.05, 3.63) is 0 Å². The standard InChI is InChI=1S/C12H26N3.2CH3.3ClH.Ti/c1-2-8-14-10-5-6-12-15-11-4-3-9-13-7-1;;;;;;/h13-14H,1-12H2;2*1H3;3*1H;/q-1;;;;;;+1. The molecule has 2 N–H and O–H groups in total. The molecule has 0 aromatic carbocycles. The Bertz CT molecular complexity index is 184. The van der Waals surface area contributed by atoms with E-state index in [1.54, 1.807) is 0 Å². The minimum atomic E-state index is -0.857. The molecule has 0 radical (unpaired) electrons. The van der Waals surface area contributed by atoms with Gasteiger partial charge in [0.05, 0.1) is 0 Å². The quantitative estimate of drug-likeness (QED) is 0.658. The van der Waals surface area contributed by atoms with E-state index < -0.39 is 18.1 Å². The van der Waals surface area contributed by atoms with E-state index in [0.29, 0.717) is 0 Å². The molecule has 0 spiro atoms. The first-order valence-corrected chi connectivity index (χ1v) is 11.6. The summed E-state index contributed by atoms with van der Waals surface area (Å²) >= 11 is -0.857. The van der Waals surface area contributed by atoms with E-state index in [-0.39, 0.29) is 37.2 Å². The van der Waals surface area contributed by atoms with Gasteiger partial charge in [-0.1, -0.05) is 0 Å². The van der Waals surface area contributed by atoms with Crippen LogP contribution in [-0.2, 0) is 18.1 Å². The molecule has 0 aliphatic carbocycles. The second kappa shape index (κ2) is 19.5. The van der Waals surface area contributed by atoms with Gasteiger partial charge in [0.25, 0.3) is 0 Å². The monoisotopic (exact) mass is 398 g/mol. The molecule has 0 bridgehead atoms. The molecule has 1 heterocycles. The molecule has 1 rings (SSSR count). The summed E-state index contributed by atoms with van der Waals surface area (Å²) in [5.74, 6) is 0. The van der Waals surface area contributed by atoms with Crippen LogP contribution in [0.1, 0.15) is 38.5 Å². The molecule has 1 saturated heterocycles. The molecule has 21 heavy (non-hydrogen) atoms. The van der Waals surface area contributed by atoms with Crippen LogP contribution < -0.4 is 10.6 Å². The third-order valence-corrected chi connectivity index (χ3v) is 6.33. The van der Waals surface area contributed by atoms with E-state index in [2.05, 4.69) is 24.5 Å². The van der Waals surface area contributed by atoms with E-state index in [4.69, 9.17) is 0 Å². The molecule has 1 fully saturated rings. The Hall–Kier alpha value is 1.46. The molecule has 1 aliphatic rings. The number of rotatable bonds is 1. The van der Waals surface area contributed by atoms with Gasteiger partial charge in [-0.3, -0.25) is 0 Å². The van der Waals surface area contributed by atoms with Crippen molar-refractivity contribution in [1.82, 2.24) is 14.0 Å². The average Bonchev–Trinajstić information content (AvgIpc) is 2.36. The number of hydrogen-bond acceptors (Lipinski definition) is 3. The summed E-state index contributed by atoms with van der Waals surface area (Å²) in [5.41, 5.74) is 0. The number of halogens is 3. The fourth-order valence-electron chi connectivity index (χ4n) is 2.41. The third kappa shape index (κ3) is 16.1. The van der Waals surface area contributed by atoms with Crippen molar-refractivity contribution in [3.8, 4) is 0 Å². The molecule has 1 aliphatic heterocycles. The van der Waals surface area contributed by atoms with Gasteiger partial charge in [0.15, 0.2) is 0 Å². The van der Waals surface area contributed by atoms with E-state index >= 15 is 0 Å². The molecule has 131 valence electrons. The van der Waals surface area contributed by atoms with Crippen LogP contribution in [-0.4, -0.2) is 42.7 Å². The summed E-state index contributed by atoms with van der Waals surface area (Å²) in [4.78, 5) is 0. The van der Waals surface area contributed by atoms with Crippen molar-refractivity contribution in [3.63, 3.8) is 0 Å². The predicted octanol–water partition coefficient (Wildman–Crippen LogP) is 3.72. The van der Waals surface area contributed by atoms with Gasteiger partial charge in [0.2, 0.25) is 0 Å². The number of nitrogens with zero attached hydrogens (tertiary/aromatic N) is 1. The van der Waals surface area contributed by atoms with Crippen LogP contribution in [0.5, 0.6) is 0 Å². The van der Waals surface area contributed by atoms with Crippen LogP contribution in [0.2, 0.25) is 10.5 Å². The second-order valence-corrected chi connectivity index (χ2v) is 9.50. The Morgan fingerprint density at radius 3 is 1.29 bits per heavy atom. The molecule has 0 aromatic rings. The van der Waals surface area contributed by atoms with Crippen molar-refractivity contribution in [2.75, 3.05) is 39.3 Å². The Morgan fingerprint density at radius 2 is 0.952 bits per heavy atom. The van der Waals surface area contributed by atoms with Gasteiger partial charge < -0.3 is 0 Å². The molecule has 0 aromatic heterocycles. The van der Waals surface area contributed by atoms with Crippen molar-refractivity contribution in [2.24, 2.45) is 0 Å². The fraction of sp³-hybridized carbons (Fsp3) is 1.00. The number of nitrogens with one attached hydrogen (secondary N) is 2. The van der Waals surface area contributed by atoms with Crippen LogP contribution in [0.3, 0.4) is 0 Å². The molecular weight excluding hydrogens is 364 g/mol. The molecule has 0 atom stereocenters. The van der Waals surface area contributed by atoms with Crippen LogP contribution in [0.4, 0.5) is 0 Å². The maximum atomic E-state index is 3.57. The molecule has 0 unspecified atom stereocenters. The van der Waals surface area contributed by atoms with Gasteiger partial charge >= 0.3 is 120 Å². The van der Waals surface area contributed by atoms with Gasteiger partial charge in [-0.2, -0.15) is 0 Å². The SMILES string of the molecule is Cl.Cl.Cl.[CH3][Ti]([CH3])[N]1CCCCNCCCCNCCCC1. The van der Waals surface area contributed by atoms with E-state index in [1.807, 2.05) is 0 Å². The minimum absolute atomic E-state index is 0. The van der Waals surface area contributed by atoms with Crippen LogP contribution in [0, 0.1) is 0 Å². The maximum absolute atomic E-state index is 3.57. The molecule has 0 amide bonds. The second-order valence-electron chi connectivity index (χ2n) is 5.56. The van der Waals surface area contributed by atoms with Gasteiger partial charge in [-0.25, -0.2) is 0 Å². The predicted molar refractivity (Wildman–Crippen MR) is 98.5 cm³/mol. The van der Waals surface area contributed by atoms with Crippen LogP contribution in [0.25, 0.3) is 0 Å². The van der Waals surface area contributed by atoms with Crippen LogP contribution in [0.15, 0.2) is 0 Å². The molecular formula is C14H35Cl3N3Ti. The van der Waals surface area contributed by atoms with E-state index in [1.165, 1.54) is 77.8 Å². The summed E-state index contributed by atoms with van der Waals surface area (Å²) in [5, 5.41) is 12.1. The zero-order chi connectivity index (χ0) is 13.1. The molecule has 0 saturated carbocycles. The first-order chi connectivity index (χ1) is 8.80. The third-order valence-electron chi connectivity index (χ3n) is 3.65. The summed E-state index contributed by atoms with van der Waals surface area (Å²) in [7, 11) is 0. The summed E-state index contributed by atoms with van der Waals surface area (Å²) in [6.07, 6.45) is 8.09. The summed E-state index contributed by atoms with van der Waals surface area (Å²) < 4.78 is 2.81. The zero-order valence-electron chi connectivity index (χ0n) is 13.7. The Balaban J connectivity index is -0.00000108. The Morgan fingerprint density at radius 1 is 0.619 bits per heavy atom. The first-order valence-electron chi connectivity index (χ1n) is 7.77.